The number of hydrogen-bond acceptors (Lipinski definition) is 3. The van der Waals surface area contributed by atoms with E-state index in [0.29, 0.717) is 13.0 Å². The Hall–Kier alpha value is -1.13. The van der Waals surface area contributed by atoms with E-state index in [4.69, 9.17) is 0 Å². The highest BCUT2D eigenvalue weighted by molar-refractivity contribution is 5.49. The van der Waals surface area contributed by atoms with E-state index in [1.54, 1.807) is 4.90 Å². The van der Waals surface area contributed by atoms with E-state index in [-0.39, 0.29) is 22.8 Å². The van der Waals surface area contributed by atoms with Gasteiger partial charge in [-0.15, -0.1) is 0 Å². The van der Waals surface area contributed by atoms with Crippen molar-refractivity contribution in [3.05, 3.63) is 10.1 Å². The number of rotatable bonds is 3. The predicted octanol–water partition coefficient (Wildman–Crippen LogP) is 0.909. The molecule has 0 bridgehead atoms. The molecule has 15 heavy (non-hydrogen) atoms. The fraction of sp³-hybridized carbons (Fsp3) is 0.900. The fourth-order valence-corrected chi connectivity index (χ4v) is 3.19. The van der Waals surface area contributed by atoms with Gasteiger partial charge in [-0.25, -0.2) is 0 Å². The van der Waals surface area contributed by atoms with Gasteiger partial charge in [0.15, 0.2) is 0 Å². The first kappa shape index (κ1) is 10.4. The molecule has 1 saturated heterocycles. The minimum Gasteiger partial charge on any atom is -0.335 e. The maximum Gasteiger partial charge on any atom is 0.246 e. The topological polar surface area (TPSA) is 63.5 Å². The first-order chi connectivity index (χ1) is 7.04. The minimum absolute atomic E-state index is 0.144. The Balaban J connectivity index is 2.31. The third-order valence-electron chi connectivity index (χ3n) is 3.83. The Labute approximate surface area is 88.6 Å². The van der Waals surface area contributed by atoms with Crippen molar-refractivity contribution in [3.63, 3.8) is 0 Å². The molecular weight excluding hydrogens is 196 g/mol. The summed E-state index contributed by atoms with van der Waals surface area (Å²) >= 11 is 0. The zero-order chi connectivity index (χ0) is 11.2. The third kappa shape index (κ3) is 1.25. The van der Waals surface area contributed by atoms with Crippen molar-refractivity contribution in [2.24, 2.45) is 11.8 Å². The normalized spacial score (nSPS) is 38.7. The van der Waals surface area contributed by atoms with Gasteiger partial charge in [-0.2, -0.15) is 0 Å². The second-order valence-electron chi connectivity index (χ2n) is 4.97. The number of nitrogens with zero attached hydrogens (tertiary/aromatic N) is 2. The van der Waals surface area contributed by atoms with Crippen LogP contribution < -0.4 is 0 Å². The van der Waals surface area contributed by atoms with Gasteiger partial charge in [0.2, 0.25) is 11.9 Å². The number of piperidine rings is 1. The number of nitro groups is 1. The molecule has 1 heterocycles. The Morgan fingerprint density at radius 1 is 1.60 bits per heavy atom. The zero-order valence-electron chi connectivity index (χ0n) is 9.05. The van der Waals surface area contributed by atoms with E-state index in [9.17, 15) is 14.9 Å². The monoisotopic (exact) mass is 212 g/mol. The van der Waals surface area contributed by atoms with Crippen LogP contribution in [0.4, 0.5) is 0 Å². The van der Waals surface area contributed by atoms with Crippen molar-refractivity contribution < 1.29 is 9.72 Å². The van der Waals surface area contributed by atoms with Crippen LogP contribution in [0.1, 0.15) is 26.7 Å². The zero-order valence-corrected chi connectivity index (χ0v) is 9.05. The summed E-state index contributed by atoms with van der Waals surface area (Å²) in [4.78, 5) is 23.5. The Morgan fingerprint density at radius 2 is 2.27 bits per heavy atom. The fourth-order valence-electron chi connectivity index (χ4n) is 3.19. The van der Waals surface area contributed by atoms with Crippen LogP contribution in [-0.4, -0.2) is 34.4 Å². The highest BCUT2D eigenvalue weighted by Gasteiger charge is 2.73. The van der Waals surface area contributed by atoms with Crippen LogP contribution >= 0.6 is 0 Å². The van der Waals surface area contributed by atoms with Crippen LogP contribution in [0.2, 0.25) is 0 Å². The molecule has 0 N–H and O–H groups in total. The van der Waals surface area contributed by atoms with E-state index < -0.39 is 5.54 Å². The molecule has 1 amide bonds. The molecule has 2 aliphatic rings. The second-order valence-corrected chi connectivity index (χ2v) is 4.97. The van der Waals surface area contributed by atoms with E-state index in [2.05, 4.69) is 0 Å². The summed E-state index contributed by atoms with van der Waals surface area (Å²) in [6, 6.07) is -0.219. The number of fused-ring (bicyclic) bond motifs is 1. The van der Waals surface area contributed by atoms with E-state index in [1.807, 2.05) is 13.8 Å². The van der Waals surface area contributed by atoms with Gasteiger partial charge in [0, 0.05) is 23.8 Å². The number of carbonyl (C=O) groups excluding carboxylic acids is 1. The molecule has 2 fully saturated rings. The van der Waals surface area contributed by atoms with Gasteiger partial charge in [0.05, 0.1) is 0 Å². The van der Waals surface area contributed by atoms with Crippen molar-refractivity contribution in [3.8, 4) is 0 Å². The lowest BCUT2D eigenvalue weighted by molar-refractivity contribution is -0.554. The molecule has 3 atom stereocenters. The maximum absolute atomic E-state index is 11.2. The predicted molar refractivity (Wildman–Crippen MR) is 53.8 cm³/mol. The van der Waals surface area contributed by atoms with E-state index in [0.717, 1.165) is 12.8 Å². The SMILES string of the molecule is CC(C)[C@@H]1N(C=O)CC[C@@H]2C[C@@]21[N+](=O)[O-]. The number of hydrogen-bond donors (Lipinski definition) is 0. The summed E-state index contributed by atoms with van der Waals surface area (Å²) in [7, 11) is 0. The van der Waals surface area contributed by atoms with Gasteiger partial charge in [0.1, 0.15) is 6.04 Å². The Bertz CT molecular complexity index is 305. The van der Waals surface area contributed by atoms with Gasteiger partial charge >= 0.3 is 0 Å². The van der Waals surface area contributed by atoms with Gasteiger partial charge in [0.25, 0.3) is 0 Å². The molecule has 2 rings (SSSR count). The standard InChI is InChI=1S/C10H16N2O3/c1-7(2)9-10(12(14)15)5-8(10)3-4-11(9)6-13/h6-9H,3-5H2,1-2H3/t8-,9+,10-/m1/s1. The first-order valence-electron chi connectivity index (χ1n) is 5.39. The smallest absolute Gasteiger partial charge is 0.246 e. The van der Waals surface area contributed by atoms with Crippen LogP contribution in [0.15, 0.2) is 0 Å². The van der Waals surface area contributed by atoms with Crippen molar-refractivity contribution >= 4 is 6.41 Å². The molecule has 0 unspecified atom stereocenters. The van der Waals surface area contributed by atoms with E-state index >= 15 is 0 Å². The lowest BCUT2D eigenvalue weighted by Gasteiger charge is -2.37. The average molecular weight is 212 g/mol. The number of amides is 1. The molecule has 1 aliphatic carbocycles. The summed E-state index contributed by atoms with van der Waals surface area (Å²) in [5.41, 5.74) is -0.826. The summed E-state index contributed by atoms with van der Waals surface area (Å²) in [6.07, 6.45) is 2.20. The molecule has 0 aromatic rings. The lowest BCUT2D eigenvalue weighted by atomic mass is 9.88. The van der Waals surface area contributed by atoms with Gasteiger partial charge in [-0.05, 0) is 12.3 Å². The van der Waals surface area contributed by atoms with Crippen LogP contribution in [0.25, 0.3) is 0 Å². The molecule has 84 valence electrons. The molecule has 0 aromatic carbocycles. The van der Waals surface area contributed by atoms with E-state index in [1.165, 1.54) is 0 Å². The molecule has 0 aromatic heterocycles. The van der Waals surface area contributed by atoms with Crippen molar-refractivity contribution in [1.29, 1.82) is 0 Å². The van der Waals surface area contributed by atoms with Crippen molar-refractivity contribution in [2.75, 3.05) is 6.54 Å². The van der Waals surface area contributed by atoms with Crippen LogP contribution in [0.3, 0.4) is 0 Å². The quantitative estimate of drug-likeness (QED) is 0.397. The first-order valence-corrected chi connectivity index (χ1v) is 5.39. The highest BCUT2D eigenvalue weighted by atomic mass is 16.6. The highest BCUT2D eigenvalue weighted by Crippen LogP contribution is 2.56. The number of carbonyl (C=O) groups is 1. The molecule has 0 spiro atoms. The summed E-state index contributed by atoms with van der Waals surface area (Å²) in [5.74, 6) is 0.335. The molecule has 1 saturated carbocycles. The van der Waals surface area contributed by atoms with Gasteiger partial charge in [-0.1, -0.05) is 13.8 Å². The lowest BCUT2D eigenvalue weighted by Crippen LogP contribution is -2.55. The molecule has 1 aliphatic heterocycles. The maximum atomic E-state index is 11.2. The Morgan fingerprint density at radius 3 is 2.73 bits per heavy atom. The summed E-state index contributed by atoms with van der Waals surface area (Å²) < 4.78 is 0. The molecule has 5 heteroatoms. The second kappa shape index (κ2) is 3.18. The minimum atomic E-state index is -0.826. The van der Waals surface area contributed by atoms with Crippen molar-refractivity contribution in [2.45, 2.75) is 38.3 Å². The summed E-state index contributed by atoms with van der Waals surface area (Å²) in [6.45, 7) is 4.58. The van der Waals surface area contributed by atoms with Crippen LogP contribution in [0, 0.1) is 22.0 Å². The van der Waals surface area contributed by atoms with Crippen molar-refractivity contribution in [1.82, 2.24) is 4.90 Å². The average Bonchev–Trinajstić information content (AvgIpc) is 2.90. The van der Waals surface area contributed by atoms with Crippen LogP contribution in [0.5, 0.6) is 0 Å². The molecule has 0 radical (unpaired) electrons. The molecular formula is C10H16N2O3. The van der Waals surface area contributed by atoms with Gasteiger partial charge < -0.3 is 4.90 Å². The molecule has 5 nitrogen and oxygen atoms in total. The Kier molecular flexibility index (Phi) is 2.20. The third-order valence-corrected chi connectivity index (χ3v) is 3.83. The van der Waals surface area contributed by atoms with Gasteiger partial charge in [-0.3, -0.25) is 14.9 Å². The van der Waals surface area contributed by atoms with Crippen LogP contribution in [-0.2, 0) is 4.79 Å². The summed E-state index contributed by atoms with van der Waals surface area (Å²) in [5, 5.41) is 11.2. The largest absolute Gasteiger partial charge is 0.335 e. The number of likely N-dealkylation sites (tertiary alicyclic amines) is 1.